The van der Waals surface area contributed by atoms with Crippen molar-refractivity contribution in [3.05, 3.63) is 48.3 Å². The summed E-state index contributed by atoms with van der Waals surface area (Å²) in [6.45, 7) is 7.27. The quantitative estimate of drug-likeness (QED) is 0.356. The van der Waals surface area contributed by atoms with Gasteiger partial charge in [-0.15, -0.1) is 0 Å². The van der Waals surface area contributed by atoms with E-state index in [1.807, 2.05) is 44.2 Å². The number of aromatic amines is 1. The first kappa shape index (κ1) is 23.9. The molecule has 2 aromatic heterocycles. The van der Waals surface area contributed by atoms with Crippen molar-refractivity contribution in [1.29, 1.82) is 0 Å². The summed E-state index contributed by atoms with van der Waals surface area (Å²) in [6.07, 6.45) is 1.55. The number of para-hydroxylation sites is 2. The Morgan fingerprint density at radius 1 is 1.06 bits per heavy atom. The molecule has 9 nitrogen and oxygen atoms in total. The number of nitrogens with zero attached hydrogens (tertiary/aromatic N) is 4. The van der Waals surface area contributed by atoms with E-state index < -0.39 is 10.0 Å². The minimum absolute atomic E-state index is 0.168. The van der Waals surface area contributed by atoms with Crippen molar-refractivity contribution in [1.82, 2.24) is 23.8 Å². The van der Waals surface area contributed by atoms with E-state index in [2.05, 4.69) is 26.8 Å². The van der Waals surface area contributed by atoms with Gasteiger partial charge >= 0.3 is 0 Å². The van der Waals surface area contributed by atoms with Gasteiger partial charge in [0, 0.05) is 32.5 Å². The molecule has 2 N–H and O–H groups in total. The first-order chi connectivity index (χ1) is 16.4. The number of sulfonamides is 1. The predicted octanol–water partition coefficient (Wildman–Crippen LogP) is 3.92. The highest BCUT2D eigenvalue weighted by molar-refractivity contribution is 7.89. The van der Waals surface area contributed by atoms with Crippen LogP contribution >= 0.6 is 0 Å². The van der Waals surface area contributed by atoms with Crippen LogP contribution in [0, 0.1) is 0 Å². The third-order valence-electron chi connectivity index (χ3n) is 5.81. The number of carbonyl (C=O) groups is 1. The van der Waals surface area contributed by atoms with Crippen LogP contribution in [-0.2, 0) is 27.8 Å². The van der Waals surface area contributed by atoms with Crippen molar-refractivity contribution in [2.24, 2.45) is 0 Å². The Hall–Kier alpha value is -3.24. The van der Waals surface area contributed by atoms with Crippen LogP contribution in [0.1, 0.15) is 39.4 Å². The first-order valence-electron chi connectivity index (χ1n) is 11.6. The summed E-state index contributed by atoms with van der Waals surface area (Å²) < 4.78 is 29.4. The van der Waals surface area contributed by atoms with Crippen LogP contribution in [0.5, 0.6) is 0 Å². The van der Waals surface area contributed by atoms with Crippen LogP contribution in [0.25, 0.3) is 22.1 Å². The topological polar surface area (TPSA) is 113 Å². The van der Waals surface area contributed by atoms with Crippen molar-refractivity contribution < 1.29 is 13.2 Å². The van der Waals surface area contributed by atoms with E-state index in [-0.39, 0.29) is 17.2 Å². The number of aryl methyl sites for hydroxylation is 2. The molecule has 0 radical (unpaired) electrons. The highest BCUT2D eigenvalue weighted by Crippen LogP contribution is 2.24. The normalized spacial score (nSPS) is 12.1. The second-order valence-electron chi connectivity index (χ2n) is 8.07. The molecule has 0 saturated carbocycles. The Labute approximate surface area is 199 Å². The average molecular weight is 483 g/mol. The predicted molar refractivity (Wildman–Crippen MR) is 133 cm³/mol. The molecule has 4 rings (SSSR count). The van der Waals surface area contributed by atoms with Gasteiger partial charge in [0.2, 0.25) is 21.9 Å². The number of H-pyrrole nitrogens is 1. The number of benzene rings is 2. The molecule has 4 aromatic rings. The van der Waals surface area contributed by atoms with E-state index in [0.29, 0.717) is 31.0 Å². The highest BCUT2D eigenvalue weighted by atomic mass is 32.2. The zero-order valence-corrected chi connectivity index (χ0v) is 20.5. The first-order valence-corrected chi connectivity index (χ1v) is 13.0. The Bertz CT molecular complexity index is 1390. The minimum atomic E-state index is -3.57. The highest BCUT2D eigenvalue weighted by Gasteiger charge is 2.23. The molecular formula is C24H30N6O3S. The number of carbonyl (C=O) groups excluding carboxylic acids is 1. The molecule has 0 fully saturated rings. The molecule has 0 saturated heterocycles. The lowest BCUT2D eigenvalue weighted by Crippen LogP contribution is -2.30. The van der Waals surface area contributed by atoms with E-state index >= 15 is 0 Å². The molecule has 0 atom stereocenters. The molecule has 1 amide bonds. The third-order valence-corrected chi connectivity index (χ3v) is 7.86. The lowest BCUT2D eigenvalue weighted by molar-refractivity contribution is -0.116. The number of imidazole rings is 2. The lowest BCUT2D eigenvalue weighted by atomic mass is 10.2. The fraction of sp³-hybridized carbons (Fsp3) is 0.375. The van der Waals surface area contributed by atoms with Crippen LogP contribution in [0.3, 0.4) is 0 Å². The summed E-state index contributed by atoms with van der Waals surface area (Å²) in [5.41, 5.74) is 3.14. The largest absolute Gasteiger partial charge is 0.328 e. The van der Waals surface area contributed by atoms with E-state index in [1.165, 1.54) is 4.31 Å². The van der Waals surface area contributed by atoms with Gasteiger partial charge in [-0.1, -0.05) is 32.9 Å². The smallest absolute Gasteiger partial charge is 0.243 e. The second-order valence-corrected chi connectivity index (χ2v) is 10.0. The molecule has 34 heavy (non-hydrogen) atoms. The van der Waals surface area contributed by atoms with Crippen molar-refractivity contribution in [2.75, 3.05) is 18.4 Å². The molecular weight excluding hydrogens is 452 g/mol. The van der Waals surface area contributed by atoms with Gasteiger partial charge in [-0.2, -0.15) is 4.31 Å². The van der Waals surface area contributed by atoms with E-state index in [1.54, 1.807) is 12.1 Å². The van der Waals surface area contributed by atoms with Crippen molar-refractivity contribution in [2.45, 2.75) is 51.5 Å². The van der Waals surface area contributed by atoms with Gasteiger partial charge < -0.3 is 9.55 Å². The number of nitrogens with one attached hydrogen (secondary N) is 2. The molecule has 0 aliphatic heterocycles. The Balaban J connectivity index is 1.55. The Kier molecular flexibility index (Phi) is 6.99. The van der Waals surface area contributed by atoms with Gasteiger partial charge in [0.15, 0.2) is 0 Å². The van der Waals surface area contributed by atoms with Crippen molar-refractivity contribution >= 4 is 43.9 Å². The van der Waals surface area contributed by atoms with Crippen LogP contribution in [0.15, 0.2) is 47.4 Å². The van der Waals surface area contributed by atoms with Crippen LogP contribution in [0.4, 0.5) is 5.95 Å². The third kappa shape index (κ3) is 4.69. The molecule has 0 aliphatic carbocycles. The number of rotatable bonds is 10. The van der Waals surface area contributed by atoms with Gasteiger partial charge in [-0.3, -0.25) is 10.1 Å². The number of amides is 1. The molecule has 2 heterocycles. The number of hydrogen-bond donors (Lipinski definition) is 2. The summed E-state index contributed by atoms with van der Waals surface area (Å²) in [7, 11) is -3.57. The maximum Gasteiger partial charge on any atom is 0.243 e. The molecule has 0 unspecified atom stereocenters. The van der Waals surface area contributed by atoms with E-state index in [9.17, 15) is 13.2 Å². The molecule has 0 spiro atoms. The van der Waals surface area contributed by atoms with Gasteiger partial charge in [-0.25, -0.2) is 18.4 Å². The minimum Gasteiger partial charge on any atom is -0.328 e. The van der Waals surface area contributed by atoms with Gasteiger partial charge in [0.1, 0.15) is 5.82 Å². The maximum atomic E-state index is 12.9. The summed E-state index contributed by atoms with van der Waals surface area (Å²) in [6, 6.07) is 12.7. The Morgan fingerprint density at radius 2 is 1.82 bits per heavy atom. The summed E-state index contributed by atoms with van der Waals surface area (Å²) in [5.74, 6) is 1.01. The zero-order chi connectivity index (χ0) is 24.3. The molecule has 180 valence electrons. The monoisotopic (exact) mass is 482 g/mol. The summed E-state index contributed by atoms with van der Waals surface area (Å²) in [5, 5.41) is 2.81. The zero-order valence-electron chi connectivity index (χ0n) is 19.7. The fourth-order valence-corrected chi connectivity index (χ4v) is 5.61. The second kappa shape index (κ2) is 9.94. The fourth-order valence-electron chi connectivity index (χ4n) is 4.13. The maximum absolute atomic E-state index is 12.9. The Morgan fingerprint density at radius 3 is 2.53 bits per heavy atom. The number of anilines is 1. The molecule has 0 aliphatic rings. The van der Waals surface area contributed by atoms with Gasteiger partial charge in [0.25, 0.3) is 0 Å². The van der Waals surface area contributed by atoms with Crippen LogP contribution in [0.2, 0.25) is 0 Å². The number of aromatic nitrogens is 4. The van der Waals surface area contributed by atoms with Crippen molar-refractivity contribution in [3.63, 3.8) is 0 Å². The SMILES string of the molecule is CCCn1c(CCC(=O)Nc2nc3ccccc3[nH]2)nc2cc(S(=O)(=O)N(CC)CC)ccc21. The van der Waals surface area contributed by atoms with Crippen LogP contribution in [-0.4, -0.2) is 51.2 Å². The van der Waals surface area contributed by atoms with Crippen molar-refractivity contribution in [3.8, 4) is 0 Å². The summed E-state index contributed by atoms with van der Waals surface area (Å²) >= 11 is 0. The standard InChI is InChI=1S/C24H30N6O3S/c1-4-15-30-21-12-11-17(34(32,33)29(5-2)6-3)16-20(21)25-22(30)13-14-23(31)28-24-26-18-9-7-8-10-19(18)27-24/h7-12,16H,4-6,13-15H2,1-3H3,(H2,26,27,28,31). The molecule has 2 aromatic carbocycles. The van der Waals surface area contributed by atoms with Gasteiger partial charge in [-0.05, 0) is 36.8 Å². The van der Waals surface area contributed by atoms with E-state index in [4.69, 9.17) is 4.98 Å². The number of hydrogen-bond acceptors (Lipinski definition) is 5. The molecule has 10 heteroatoms. The lowest BCUT2D eigenvalue weighted by Gasteiger charge is -2.18. The van der Waals surface area contributed by atoms with Gasteiger partial charge in [0.05, 0.1) is 27.0 Å². The average Bonchev–Trinajstić information content (AvgIpc) is 3.38. The van der Waals surface area contributed by atoms with E-state index in [0.717, 1.165) is 35.3 Å². The molecule has 0 bridgehead atoms. The number of fused-ring (bicyclic) bond motifs is 2. The summed E-state index contributed by atoms with van der Waals surface area (Å²) in [4.78, 5) is 25.0. The van der Waals surface area contributed by atoms with Crippen LogP contribution < -0.4 is 5.32 Å².